The zero-order valence-electron chi connectivity index (χ0n) is 17.3. The standard InChI is InChI=1S/C22H37N3O2/c1-4-23-21(25-17-22(13-15-26)11-6-5-7-12-22)24-14-10-19-16-18(2)8-9-20(19)27-3/h8-9,16,26H,4-7,10-15,17H2,1-3H3,(H2,23,24,25). The van der Waals surface area contributed by atoms with Gasteiger partial charge in [-0.3, -0.25) is 4.99 Å². The molecule has 3 N–H and O–H groups in total. The number of hydrogen-bond acceptors (Lipinski definition) is 3. The maximum Gasteiger partial charge on any atom is 0.191 e. The van der Waals surface area contributed by atoms with Gasteiger partial charge in [-0.15, -0.1) is 0 Å². The number of hydrogen-bond donors (Lipinski definition) is 3. The van der Waals surface area contributed by atoms with Crippen molar-refractivity contribution < 1.29 is 9.84 Å². The van der Waals surface area contributed by atoms with Gasteiger partial charge in [0.2, 0.25) is 0 Å². The van der Waals surface area contributed by atoms with Gasteiger partial charge in [0.05, 0.1) is 7.11 Å². The van der Waals surface area contributed by atoms with E-state index >= 15 is 0 Å². The lowest BCUT2D eigenvalue weighted by molar-refractivity contribution is 0.137. The maximum atomic E-state index is 9.50. The third kappa shape index (κ3) is 6.73. The summed E-state index contributed by atoms with van der Waals surface area (Å²) in [6.07, 6.45) is 7.92. The molecule has 0 bridgehead atoms. The number of nitrogens with one attached hydrogen (secondary N) is 2. The molecule has 0 spiro atoms. The highest BCUT2D eigenvalue weighted by Crippen LogP contribution is 2.39. The Balaban J connectivity index is 1.96. The van der Waals surface area contributed by atoms with E-state index in [9.17, 15) is 5.11 Å². The van der Waals surface area contributed by atoms with E-state index in [1.54, 1.807) is 7.11 Å². The third-order valence-corrected chi connectivity index (χ3v) is 5.60. The van der Waals surface area contributed by atoms with Gasteiger partial charge in [0.15, 0.2) is 5.96 Å². The molecule has 0 atom stereocenters. The Bertz CT molecular complexity index is 590. The smallest absolute Gasteiger partial charge is 0.191 e. The largest absolute Gasteiger partial charge is 0.496 e. The predicted octanol–water partition coefficient (Wildman–Crippen LogP) is 3.43. The fourth-order valence-electron chi connectivity index (χ4n) is 4.03. The summed E-state index contributed by atoms with van der Waals surface area (Å²) in [5, 5.41) is 16.3. The Kier molecular flexibility index (Phi) is 8.92. The second kappa shape index (κ2) is 11.2. The van der Waals surface area contributed by atoms with Crippen molar-refractivity contribution in [3.8, 4) is 5.75 Å². The molecular formula is C22H37N3O2. The number of aliphatic hydroxyl groups excluding tert-OH is 1. The van der Waals surface area contributed by atoms with E-state index in [-0.39, 0.29) is 12.0 Å². The van der Waals surface area contributed by atoms with Gasteiger partial charge in [0, 0.05) is 26.2 Å². The Morgan fingerprint density at radius 2 is 2.00 bits per heavy atom. The van der Waals surface area contributed by atoms with Crippen LogP contribution in [-0.4, -0.2) is 44.4 Å². The minimum absolute atomic E-state index is 0.176. The minimum Gasteiger partial charge on any atom is -0.496 e. The third-order valence-electron chi connectivity index (χ3n) is 5.60. The lowest BCUT2D eigenvalue weighted by Crippen LogP contribution is -2.40. The van der Waals surface area contributed by atoms with Crippen molar-refractivity contribution in [2.75, 3.05) is 33.4 Å². The van der Waals surface area contributed by atoms with E-state index in [0.29, 0.717) is 0 Å². The molecule has 152 valence electrons. The van der Waals surface area contributed by atoms with Crippen LogP contribution >= 0.6 is 0 Å². The van der Waals surface area contributed by atoms with E-state index in [1.807, 2.05) is 6.07 Å². The SMILES string of the molecule is CCNC(=NCC1(CCO)CCCCC1)NCCc1cc(C)ccc1OC. The van der Waals surface area contributed by atoms with Crippen molar-refractivity contribution in [2.24, 2.45) is 10.4 Å². The Morgan fingerprint density at radius 1 is 1.22 bits per heavy atom. The number of ether oxygens (including phenoxy) is 1. The number of methoxy groups -OCH3 is 1. The fraction of sp³-hybridized carbons (Fsp3) is 0.682. The summed E-state index contributed by atoms with van der Waals surface area (Å²) in [5.74, 6) is 1.81. The summed E-state index contributed by atoms with van der Waals surface area (Å²) in [5.41, 5.74) is 2.63. The zero-order valence-corrected chi connectivity index (χ0v) is 17.3. The Hall–Kier alpha value is -1.75. The van der Waals surface area contributed by atoms with Crippen LogP contribution in [0.15, 0.2) is 23.2 Å². The van der Waals surface area contributed by atoms with Crippen LogP contribution in [0.25, 0.3) is 0 Å². The number of nitrogens with zero attached hydrogens (tertiary/aromatic N) is 1. The van der Waals surface area contributed by atoms with Gasteiger partial charge < -0.3 is 20.5 Å². The number of benzene rings is 1. The number of rotatable bonds is 9. The molecule has 0 saturated heterocycles. The molecule has 1 saturated carbocycles. The molecule has 1 aromatic carbocycles. The lowest BCUT2D eigenvalue weighted by atomic mass is 9.72. The molecule has 0 aliphatic heterocycles. The molecule has 5 heteroatoms. The summed E-state index contributed by atoms with van der Waals surface area (Å²) >= 11 is 0. The van der Waals surface area contributed by atoms with Crippen molar-refractivity contribution >= 4 is 5.96 Å². The lowest BCUT2D eigenvalue weighted by Gasteiger charge is -2.35. The summed E-state index contributed by atoms with van der Waals surface area (Å²) in [7, 11) is 1.72. The summed E-state index contributed by atoms with van der Waals surface area (Å²) in [6, 6.07) is 6.29. The topological polar surface area (TPSA) is 65.9 Å². The monoisotopic (exact) mass is 375 g/mol. The van der Waals surface area contributed by atoms with E-state index < -0.39 is 0 Å². The molecule has 1 aromatic rings. The molecule has 27 heavy (non-hydrogen) atoms. The fourth-order valence-corrected chi connectivity index (χ4v) is 4.03. The van der Waals surface area contributed by atoms with Crippen molar-refractivity contribution in [2.45, 2.75) is 58.8 Å². The minimum atomic E-state index is 0.176. The Morgan fingerprint density at radius 3 is 2.67 bits per heavy atom. The van der Waals surface area contributed by atoms with E-state index in [2.05, 4.69) is 36.6 Å². The van der Waals surface area contributed by atoms with Crippen LogP contribution in [0.3, 0.4) is 0 Å². The van der Waals surface area contributed by atoms with E-state index in [1.165, 1.54) is 43.2 Å². The number of aliphatic hydroxyl groups is 1. The van der Waals surface area contributed by atoms with Gasteiger partial charge in [0.1, 0.15) is 5.75 Å². The van der Waals surface area contributed by atoms with Crippen molar-refractivity contribution in [3.05, 3.63) is 29.3 Å². The van der Waals surface area contributed by atoms with E-state index in [4.69, 9.17) is 9.73 Å². The van der Waals surface area contributed by atoms with Gasteiger partial charge in [-0.25, -0.2) is 0 Å². The summed E-state index contributed by atoms with van der Waals surface area (Å²) in [6.45, 7) is 6.88. The number of aliphatic imine (C=N–C) groups is 1. The first kappa shape index (κ1) is 21.5. The predicted molar refractivity (Wildman–Crippen MR) is 113 cm³/mol. The maximum absolute atomic E-state index is 9.50. The van der Waals surface area contributed by atoms with Gasteiger partial charge in [0.25, 0.3) is 0 Å². The van der Waals surface area contributed by atoms with Gasteiger partial charge in [-0.1, -0.05) is 37.0 Å². The van der Waals surface area contributed by atoms with Gasteiger partial charge >= 0.3 is 0 Å². The molecule has 1 aliphatic rings. The van der Waals surface area contributed by atoms with Crippen LogP contribution in [0.1, 0.15) is 56.6 Å². The number of guanidine groups is 1. The molecule has 0 amide bonds. The summed E-state index contributed by atoms with van der Waals surface area (Å²) < 4.78 is 5.48. The van der Waals surface area contributed by atoms with Crippen LogP contribution in [0.4, 0.5) is 0 Å². The first-order valence-electron chi connectivity index (χ1n) is 10.4. The van der Waals surface area contributed by atoms with Gasteiger partial charge in [-0.2, -0.15) is 0 Å². The van der Waals surface area contributed by atoms with Gasteiger partial charge in [-0.05, 0) is 56.6 Å². The molecular weight excluding hydrogens is 338 g/mol. The second-order valence-electron chi connectivity index (χ2n) is 7.72. The molecule has 0 unspecified atom stereocenters. The van der Waals surface area contributed by atoms with Crippen LogP contribution in [0.5, 0.6) is 5.75 Å². The molecule has 5 nitrogen and oxygen atoms in total. The average molecular weight is 376 g/mol. The highest BCUT2D eigenvalue weighted by molar-refractivity contribution is 5.79. The Labute approximate surface area is 164 Å². The molecule has 1 fully saturated rings. The van der Waals surface area contributed by atoms with Crippen molar-refractivity contribution in [3.63, 3.8) is 0 Å². The molecule has 2 rings (SSSR count). The van der Waals surface area contributed by atoms with Crippen LogP contribution < -0.4 is 15.4 Å². The highest BCUT2D eigenvalue weighted by atomic mass is 16.5. The quantitative estimate of drug-likeness (QED) is 0.457. The van der Waals surface area contributed by atoms with Crippen LogP contribution in [-0.2, 0) is 6.42 Å². The van der Waals surface area contributed by atoms with Crippen molar-refractivity contribution in [1.29, 1.82) is 0 Å². The van der Waals surface area contributed by atoms with Crippen LogP contribution in [0, 0.1) is 12.3 Å². The molecule has 0 radical (unpaired) electrons. The second-order valence-corrected chi connectivity index (χ2v) is 7.72. The number of aryl methyl sites for hydroxylation is 1. The average Bonchev–Trinajstić information content (AvgIpc) is 2.67. The summed E-state index contributed by atoms with van der Waals surface area (Å²) in [4.78, 5) is 4.87. The first-order chi connectivity index (χ1) is 13.1. The normalized spacial score (nSPS) is 16.8. The molecule has 1 aliphatic carbocycles. The zero-order chi connectivity index (χ0) is 19.5. The van der Waals surface area contributed by atoms with E-state index in [0.717, 1.165) is 44.2 Å². The van der Waals surface area contributed by atoms with Crippen LogP contribution in [0.2, 0.25) is 0 Å². The molecule has 0 aromatic heterocycles. The van der Waals surface area contributed by atoms with Crippen molar-refractivity contribution in [1.82, 2.24) is 10.6 Å². The highest BCUT2D eigenvalue weighted by Gasteiger charge is 2.31. The first-order valence-corrected chi connectivity index (χ1v) is 10.4. The molecule has 0 heterocycles.